The van der Waals surface area contributed by atoms with Gasteiger partial charge in [-0.2, -0.15) is 10.3 Å². The maximum absolute atomic E-state index is 11.7. The Hall–Kier alpha value is -2.08. The summed E-state index contributed by atoms with van der Waals surface area (Å²) in [4.78, 5) is 12.2. The first kappa shape index (κ1) is 10.1. The number of hydrogen-bond donors (Lipinski definition) is 1. The first-order chi connectivity index (χ1) is 8.33. The highest BCUT2D eigenvalue weighted by atomic mass is 32.2. The Labute approximate surface area is 99.8 Å². The fourth-order valence-corrected chi connectivity index (χ4v) is 2.20. The lowest BCUT2D eigenvalue weighted by Crippen LogP contribution is -2.01. The van der Waals surface area contributed by atoms with Gasteiger partial charge in [-0.25, -0.2) is 4.79 Å². The van der Waals surface area contributed by atoms with Crippen LogP contribution in [0.3, 0.4) is 0 Å². The zero-order valence-corrected chi connectivity index (χ0v) is 9.40. The Balaban J connectivity index is 2.10. The summed E-state index contributed by atoms with van der Waals surface area (Å²) in [5, 5.41) is 11.6. The lowest BCUT2D eigenvalue weighted by Gasteiger charge is -1.99. The molecular formula is C11H7N3O2S. The number of benzene rings is 1. The van der Waals surface area contributed by atoms with Crippen LogP contribution in [0, 0.1) is 0 Å². The number of aromatic amines is 1. The molecule has 17 heavy (non-hydrogen) atoms. The number of nitrogens with zero attached hydrogens (tertiary/aromatic N) is 2. The monoisotopic (exact) mass is 245 g/mol. The molecule has 5 nitrogen and oxygen atoms in total. The fraction of sp³-hybridized carbons (Fsp3) is 0. The van der Waals surface area contributed by atoms with Crippen molar-refractivity contribution in [2.45, 2.75) is 9.92 Å². The molecule has 0 saturated carbocycles. The normalized spacial score (nSPS) is 10.8. The van der Waals surface area contributed by atoms with Gasteiger partial charge in [0.1, 0.15) is 15.5 Å². The number of aromatic nitrogens is 3. The summed E-state index contributed by atoms with van der Waals surface area (Å²) in [7, 11) is 0. The van der Waals surface area contributed by atoms with Gasteiger partial charge >= 0.3 is 5.63 Å². The molecule has 0 bridgehead atoms. The summed E-state index contributed by atoms with van der Waals surface area (Å²) in [5.41, 5.74) is 0.221. The van der Waals surface area contributed by atoms with Gasteiger partial charge in [0.05, 0.1) is 6.20 Å². The van der Waals surface area contributed by atoms with Crippen molar-refractivity contribution in [1.82, 2.24) is 15.4 Å². The largest absolute Gasteiger partial charge is 0.422 e. The lowest BCUT2D eigenvalue weighted by atomic mass is 10.2. The van der Waals surface area contributed by atoms with Gasteiger partial charge in [0, 0.05) is 5.39 Å². The van der Waals surface area contributed by atoms with Crippen LogP contribution in [0.5, 0.6) is 0 Å². The summed E-state index contributed by atoms with van der Waals surface area (Å²) in [6, 6.07) is 9.18. The van der Waals surface area contributed by atoms with Crippen LogP contribution in [0.15, 0.2) is 55.7 Å². The summed E-state index contributed by atoms with van der Waals surface area (Å²) >= 11 is 1.22. The molecule has 2 aromatic heterocycles. The van der Waals surface area contributed by atoms with Gasteiger partial charge in [0.2, 0.25) is 0 Å². The van der Waals surface area contributed by atoms with Crippen molar-refractivity contribution in [2.75, 3.05) is 0 Å². The zero-order chi connectivity index (χ0) is 11.7. The smallest absolute Gasteiger partial charge is 0.350 e. The lowest BCUT2D eigenvalue weighted by molar-refractivity contribution is 0.544. The number of hydrogen-bond acceptors (Lipinski definition) is 5. The number of para-hydroxylation sites is 1. The van der Waals surface area contributed by atoms with Gasteiger partial charge in [-0.15, -0.1) is 5.10 Å². The summed E-state index contributed by atoms with van der Waals surface area (Å²) in [6.07, 6.45) is 1.55. The highest BCUT2D eigenvalue weighted by molar-refractivity contribution is 7.99. The van der Waals surface area contributed by atoms with Crippen molar-refractivity contribution in [1.29, 1.82) is 0 Å². The average molecular weight is 245 g/mol. The van der Waals surface area contributed by atoms with Crippen LogP contribution in [0.1, 0.15) is 0 Å². The minimum Gasteiger partial charge on any atom is -0.422 e. The Morgan fingerprint density at radius 2 is 2.18 bits per heavy atom. The van der Waals surface area contributed by atoms with Gasteiger partial charge in [-0.3, -0.25) is 0 Å². The molecule has 0 unspecified atom stereocenters. The third-order valence-electron chi connectivity index (χ3n) is 2.22. The molecule has 1 aromatic carbocycles. The number of H-pyrrole nitrogens is 1. The highest BCUT2D eigenvalue weighted by Gasteiger charge is 2.08. The molecule has 1 N–H and O–H groups in total. The maximum atomic E-state index is 11.7. The minimum atomic E-state index is -0.364. The minimum absolute atomic E-state index is 0.364. The van der Waals surface area contributed by atoms with E-state index in [1.807, 2.05) is 18.2 Å². The van der Waals surface area contributed by atoms with Crippen molar-refractivity contribution in [3.05, 3.63) is 46.9 Å². The second-order valence-corrected chi connectivity index (χ2v) is 4.41. The average Bonchev–Trinajstić information content (AvgIpc) is 2.83. The highest BCUT2D eigenvalue weighted by Crippen LogP contribution is 2.24. The molecule has 0 fully saturated rings. The molecule has 3 rings (SSSR count). The van der Waals surface area contributed by atoms with E-state index in [0.29, 0.717) is 15.5 Å². The van der Waals surface area contributed by atoms with E-state index in [1.165, 1.54) is 11.8 Å². The van der Waals surface area contributed by atoms with Gasteiger partial charge in [0.25, 0.3) is 0 Å². The molecule has 0 amide bonds. The zero-order valence-electron chi connectivity index (χ0n) is 8.58. The molecule has 0 aliphatic rings. The van der Waals surface area contributed by atoms with E-state index in [-0.39, 0.29) is 5.63 Å². The number of nitrogens with one attached hydrogen (secondary N) is 1. The van der Waals surface area contributed by atoms with Gasteiger partial charge in [-0.1, -0.05) is 30.0 Å². The number of rotatable bonds is 2. The summed E-state index contributed by atoms with van der Waals surface area (Å²) < 4.78 is 5.21. The van der Waals surface area contributed by atoms with E-state index in [0.717, 1.165) is 5.39 Å². The van der Waals surface area contributed by atoms with Crippen LogP contribution in [0.2, 0.25) is 0 Å². The molecule has 0 aliphatic carbocycles. The summed E-state index contributed by atoms with van der Waals surface area (Å²) in [6.45, 7) is 0. The quantitative estimate of drug-likeness (QED) is 0.700. The molecule has 0 atom stereocenters. The van der Waals surface area contributed by atoms with Gasteiger partial charge in [-0.05, 0) is 12.1 Å². The van der Waals surface area contributed by atoms with E-state index in [4.69, 9.17) is 4.42 Å². The second-order valence-electron chi connectivity index (χ2n) is 3.35. The third kappa shape index (κ3) is 1.94. The molecular weight excluding hydrogens is 238 g/mol. The molecule has 0 radical (unpaired) electrons. The number of fused-ring (bicyclic) bond motifs is 1. The topological polar surface area (TPSA) is 71.8 Å². The Morgan fingerprint density at radius 1 is 1.29 bits per heavy atom. The van der Waals surface area contributed by atoms with Crippen molar-refractivity contribution in [3.8, 4) is 0 Å². The van der Waals surface area contributed by atoms with Crippen molar-refractivity contribution in [3.63, 3.8) is 0 Å². The van der Waals surface area contributed by atoms with E-state index in [9.17, 15) is 4.79 Å². The first-order valence-corrected chi connectivity index (χ1v) is 5.71. The molecule has 6 heteroatoms. The van der Waals surface area contributed by atoms with Crippen LogP contribution in [-0.2, 0) is 0 Å². The van der Waals surface area contributed by atoms with Gasteiger partial charge < -0.3 is 4.42 Å². The van der Waals surface area contributed by atoms with Crippen molar-refractivity contribution >= 4 is 22.7 Å². The molecule has 0 spiro atoms. The van der Waals surface area contributed by atoms with Crippen LogP contribution < -0.4 is 5.63 Å². The van der Waals surface area contributed by atoms with Gasteiger partial charge in [0.15, 0.2) is 0 Å². The maximum Gasteiger partial charge on any atom is 0.350 e. The molecule has 3 aromatic rings. The standard InChI is InChI=1S/C11H7N3O2S/c15-11-9(17-10-6-12-14-13-10)5-7-3-1-2-4-8(7)16-11/h1-6H,(H,12,13,14). The molecule has 0 aliphatic heterocycles. The Morgan fingerprint density at radius 3 is 3.00 bits per heavy atom. The van der Waals surface area contributed by atoms with Crippen molar-refractivity contribution in [2.24, 2.45) is 0 Å². The van der Waals surface area contributed by atoms with E-state index >= 15 is 0 Å². The van der Waals surface area contributed by atoms with E-state index in [1.54, 1.807) is 18.3 Å². The van der Waals surface area contributed by atoms with E-state index in [2.05, 4.69) is 15.4 Å². The van der Waals surface area contributed by atoms with E-state index < -0.39 is 0 Å². The molecule has 84 valence electrons. The predicted molar refractivity (Wildman–Crippen MR) is 63.0 cm³/mol. The fourth-order valence-electron chi connectivity index (χ4n) is 1.47. The van der Waals surface area contributed by atoms with Crippen LogP contribution in [0.4, 0.5) is 0 Å². The Kier molecular flexibility index (Phi) is 2.41. The third-order valence-corrected chi connectivity index (χ3v) is 3.13. The molecule has 0 saturated heterocycles. The summed E-state index contributed by atoms with van der Waals surface area (Å²) in [5.74, 6) is 0. The van der Waals surface area contributed by atoms with Crippen LogP contribution >= 0.6 is 11.8 Å². The van der Waals surface area contributed by atoms with Crippen LogP contribution in [0.25, 0.3) is 11.0 Å². The SMILES string of the molecule is O=c1oc2ccccc2cc1Sc1cn[nH]n1. The van der Waals surface area contributed by atoms with Crippen molar-refractivity contribution < 1.29 is 4.42 Å². The predicted octanol–water partition coefficient (Wildman–Crippen LogP) is 2.06. The second kappa shape index (κ2) is 4.06. The first-order valence-electron chi connectivity index (χ1n) is 4.89. The van der Waals surface area contributed by atoms with Crippen LogP contribution in [-0.4, -0.2) is 15.4 Å². The Bertz CT molecular complexity index is 706. The molecule has 2 heterocycles.